The second kappa shape index (κ2) is 7.60. The molecule has 1 aromatic rings. The van der Waals surface area contributed by atoms with Crippen molar-refractivity contribution in [3.63, 3.8) is 0 Å². The van der Waals surface area contributed by atoms with Crippen LogP contribution < -0.4 is 14.8 Å². The molecule has 0 fully saturated rings. The number of rotatable bonds is 8. The van der Waals surface area contributed by atoms with Crippen LogP contribution >= 0.6 is 0 Å². The summed E-state index contributed by atoms with van der Waals surface area (Å²) < 4.78 is 10.3. The maximum atomic E-state index is 10.4. The first-order valence-corrected chi connectivity index (χ1v) is 5.88. The SMILES string of the molecule is COc1ccc(CNCC(O)CC(=O)O)cc1OC. The van der Waals surface area contributed by atoms with E-state index in [0.29, 0.717) is 18.0 Å². The van der Waals surface area contributed by atoms with Gasteiger partial charge in [0.15, 0.2) is 11.5 Å². The average molecular weight is 269 g/mol. The van der Waals surface area contributed by atoms with Crippen LogP contribution in [0.1, 0.15) is 12.0 Å². The van der Waals surface area contributed by atoms with Crippen molar-refractivity contribution in [1.82, 2.24) is 5.32 Å². The highest BCUT2D eigenvalue weighted by molar-refractivity contribution is 5.67. The van der Waals surface area contributed by atoms with Gasteiger partial charge in [-0.25, -0.2) is 0 Å². The van der Waals surface area contributed by atoms with Gasteiger partial charge in [-0.15, -0.1) is 0 Å². The smallest absolute Gasteiger partial charge is 0.306 e. The molecule has 0 aliphatic rings. The Labute approximate surface area is 112 Å². The van der Waals surface area contributed by atoms with Gasteiger partial charge in [0, 0.05) is 13.1 Å². The second-order valence-corrected chi connectivity index (χ2v) is 4.07. The van der Waals surface area contributed by atoms with Crippen LogP contribution in [0.15, 0.2) is 18.2 Å². The number of carbonyl (C=O) groups is 1. The fourth-order valence-corrected chi connectivity index (χ4v) is 1.65. The molecular weight excluding hydrogens is 250 g/mol. The van der Waals surface area contributed by atoms with E-state index in [1.54, 1.807) is 20.3 Å². The minimum absolute atomic E-state index is 0.223. The van der Waals surface area contributed by atoms with E-state index in [9.17, 15) is 9.90 Å². The average Bonchev–Trinajstić information content (AvgIpc) is 2.37. The number of hydrogen-bond acceptors (Lipinski definition) is 5. The molecule has 0 saturated heterocycles. The maximum absolute atomic E-state index is 10.4. The van der Waals surface area contributed by atoms with Gasteiger partial charge in [-0.2, -0.15) is 0 Å². The van der Waals surface area contributed by atoms with Crippen LogP contribution in [-0.2, 0) is 11.3 Å². The van der Waals surface area contributed by atoms with Crippen molar-refractivity contribution in [1.29, 1.82) is 0 Å². The number of ether oxygens (including phenoxy) is 2. The number of aliphatic carboxylic acids is 1. The molecule has 0 spiro atoms. The van der Waals surface area contributed by atoms with E-state index in [0.717, 1.165) is 5.56 Å². The third-order valence-electron chi connectivity index (χ3n) is 2.57. The Balaban J connectivity index is 2.47. The van der Waals surface area contributed by atoms with Gasteiger partial charge in [-0.3, -0.25) is 4.79 Å². The lowest BCUT2D eigenvalue weighted by atomic mass is 10.2. The quantitative estimate of drug-likeness (QED) is 0.641. The minimum atomic E-state index is -1.01. The van der Waals surface area contributed by atoms with Crippen molar-refractivity contribution in [2.75, 3.05) is 20.8 Å². The summed E-state index contributed by atoms with van der Waals surface area (Å²) in [4.78, 5) is 10.4. The van der Waals surface area contributed by atoms with E-state index in [-0.39, 0.29) is 13.0 Å². The van der Waals surface area contributed by atoms with Crippen LogP contribution in [0.4, 0.5) is 0 Å². The largest absolute Gasteiger partial charge is 0.493 e. The van der Waals surface area contributed by atoms with E-state index in [1.165, 1.54) is 0 Å². The summed E-state index contributed by atoms with van der Waals surface area (Å²) in [5.74, 6) is 0.269. The molecule has 3 N–H and O–H groups in total. The molecule has 19 heavy (non-hydrogen) atoms. The Morgan fingerprint density at radius 1 is 1.32 bits per heavy atom. The standard InChI is InChI=1S/C13H19NO5/c1-18-11-4-3-9(5-12(11)19-2)7-14-8-10(15)6-13(16)17/h3-5,10,14-15H,6-8H2,1-2H3,(H,16,17). The minimum Gasteiger partial charge on any atom is -0.493 e. The lowest BCUT2D eigenvalue weighted by Gasteiger charge is -2.12. The van der Waals surface area contributed by atoms with Crippen LogP contribution in [0.2, 0.25) is 0 Å². The van der Waals surface area contributed by atoms with Crippen molar-refractivity contribution < 1.29 is 24.5 Å². The number of benzene rings is 1. The number of nitrogens with one attached hydrogen (secondary N) is 1. The summed E-state index contributed by atoms with van der Waals surface area (Å²) >= 11 is 0. The number of carboxylic acid groups (broad SMARTS) is 1. The van der Waals surface area contributed by atoms with Crippen molar-refractivity contribution in [2.24, 2.45) is 0 Å². The highest BCUT2D eigenvalue weighted by Gasteiger charge is 2.09. The van der Waals surface area contributed by atoms with Crippen molar-refractivity contribution >= 4 is 5.97 Å². The number of carboxylic acids is 1. The third-order valence-corrected chi connectivity index (χ3v) is 2.57. The molecule has 1 unspecified atom stereocenters. The van der Waals surface area contributed by atoms with Gasteiger partial charge in [0.05, 0.1) is 26.7 Å². The number of aliphatic hydroxyl groups is 1. The molecule has 6 heteroatoms. The van der Waals surface area contributed by atoms with Gasteiger partial charge in [0.2, 0.25) is 0 Å². The molecule has 0 aromatic heterocycles. The molecule has 106 valence electrons. The van der Waals surface area contributed by atoms with E-state index in [1.807, 2.05) is 12.1 Å². The summed E-state index contributed by atoms with van der Waals surface area (Å²) in [6.07, 6.45) is -1.16. The molecule has 0 aliphatic heterocycles. The molecule has 0 radical (unpaired) electrons. The predicted octanol–water partition coefficient (Wildman–Crippen LogP) is 0.629. The van der Waals surface area contributed by atoms with Gasteiger partial charge < -0.3 is 25.0 Å². The van der Waals surface area contributed by atoms with E-state index in [2.05, 4.69) is 5.32 Å². The fourth-order valence-electron chi connectivity index (χ4n) is 1.65. The van der Waals surface area contributed by atoms with Gasteiger partial charge in [-0.05, 0) is 17.7 Å². The van der Waals surface area contributed by atoms with Crippen molar-refractivity contribution in [3.8, 4) is 11.5 Å². The van der Waals surface area contributed by atoms with Crippen LogP contribution in [-0.4, -0.2) is 43.1 Å². The first-order valence-electron chi connectivity index (χ1n) is 5.88. The van der Waals surface area contributed by atoms with Crippen LogP contribution in [0.5, 0.6) is 11.5 Å². The summed E-state index contributed by atoms with van der Waals surface area (Å²) in [6, 6.07) is 5.50. The molecule has 0 heterocycles. The monoisotopic (exact) mass is 269 g/mol. The Morgan fingerprint density at radius 3 is 2.58 bits per heavy atom. The molecule has 0 aliphatic carbocycles. The molecule has 0 bridgehead atoms. The molecule has 0 amide bonds. The first kappa shape index (κ1) is 15.3. The topological polar surface area (TPSA) is 88.0 Å². The van der Waals surface area contributed by atoms with Gasteiger partial charge in [-0.1, -0.05) is 6.07 Å². The van der Waals surface area contributed by atoms with Crippen molar-refractivity contribution in [3.05, 3.63) is 23.8 Å². The lowest BCUT2D eigenvalue weighted by Crippen LogP contribution is -2.28. The number of aliphatic hydroxyl groups excluding tert-OH is 1. The Kier molecular flexibility index (Phi) is 6.11. The highest BCUT2D eigenvalue weighted by atomic mass is 16.5. The Morgan fingerprint density at radius 2 is 2.00 bits per heavy atom. The molecule has 1 rings (SSSR count). The van der Waals surface area contributed by atoms with E-state index >= 15 is 0 Å². The van der Waals surface area contributed by atoms with Crippen molar-refractivity contribution in [2.45, 2.75) is 19.1 Å². The van der Waals surface area contributed by atoms with Gasteiger partial charge in [0.1, 0.15) is 0 Å². The zero-order valence-corrected chi connectivity index (χ0v) is 11.0. The van der Waals surface area contributed by atoms with E-state index in [4.69, 9.17) is 14.6 Å². The molecule has 0 saturated carbocycles. The highest BCUT2D eigenvalue weighted by Crippen LogP contribution is 2.27. The zero-order valence-electron chi connectivity index (χ0n) is 11.0. The van der Waals surface area contributed by atoms with Crippen LogP contribution in [0.25, 0.3) is 0 Å². The Bertz CT molecular complexity index is 421. The van der Waals surface area contributed by atoms with Crippen LogP contribution in [0.3, 0.4) is 0 Å². The number of methoxy groups -OCH3 is 2. The molecular formula is C13H19NO5. The second-order valence-electron chi connectivity index (χ2n) is 4.07. The summed E-state index contributed by atoms with van der Waals surface area (Å²) in [5.41, 5.74) is 0.958. The normalized spacial score (nSPS) is 11.9. The molecule has 1 aromatic carbocycles. The third kappa shape index (κ3) is 5.15. The number of hydrogen-bond donors (Lipinski definition) is 3. The lowest BCUT2D eigenvalue weighted by molar-refractivity contribution is -0.139. The van der Waals surface area contributed by atoms with Gasteiger partial charge in [0.25, 0.3) is 0 Å². The van der Waals surface area contributed by atoms with E-state index < -0.39 is 12.1 Å². The summed E-state index contributed by atoms with van der Waals surface area (Å²) in [6.45, 7) is 0.734. The molecule has 1 atom stereocenters. The van der Waals surface area contributed by atoms with Crippen LogP contribution in [0, 0.1) is 0 Å². The zero-order chi connectivity index (χ0) is 14.3. The maximum Gasteiger partial charge on any atom is 0.306 e. The summed E-state index contributed by atoms with van der Waals surface area (Å²) in [5, 5.41) is 20.9. The fraction of sp³-hybridized carbons (Fsp3) is 0.462. The molecule has 6 nitrogen and oxygen atoms in total. The first-order chi connectivity index (χ1) is 9.06. The van der Waals surface area contributed by atoms with Gasteiger partial charge >= 0.3 is 5.97 Å². The predicted molar refractivity (Wildman–Crippen MR) is 69.5 cm³/mol. The Hall–Kier alpha value is -1.79. The summed E-state index contributed by atoms with van der Waals surface area (Å²) in [7, 11) is 3.13.